The number of nitrogens with zero attached hydrogens (tertiary/aromatic N) is 3. The van der Waals surface area contributed by atoms with Crippen LogP contribution in [0.2, 0.25) is 0 Å². The third kappa shape index (κ3) is 4.13. The highest BCUT2D eigenvalue weighted by Gasteiger charge is 2.20. The molecule has 0 aliphatic heterocycles. The Bertz CT molecular complexity index is 1460. The molecule has 164 valence electrons. The minimum atomic E-state index is -0.357. The number of rotatable bonds is 6. The molecule has 2 aromatic carbocycles. The summed E-state index contributed by atoms with van der Waals surface area (Å²) in [5.74, 6) is 0.519. The summed E-state index contributed by atoms with van der Waals surface area (Å²) in [6.07, 6.45) is 2.17. The number of methoxy groups -OCH3 is 1. The van der Waals surface area contributed by atoms with Crippen LogP contribution in [-0.4, -0.2) is 28.0 Å². The topological polar surface area (TPSA) is 90.1 Å². The first kappa shape index (κ1) is 20.6. The van der Waals surface area contributed by atoms with E-state index in [1.165, 1.54) is 0 Å². The number of furan rings is 1. The van der Waals surface area contributed by atoms with Crippen molar-refractivity contribution >= 4 is 28.1 Å². The van der Waals surface area contributed by atoms with Gasteiger partial charge in [-0.2, -0.15) is 0 Å². The zero-order valence-electron chi connectivity index (χ0n) is 18.3. The van der Waals surface area contributed by atoms with Crippen molar-refractivity contribution in [1.29, 1.82) is 0 Å². The van der Waals surface area contributed by atoms with Crippen LogP contribution >= 0.6 is 0 Å². The third-order valence-corrected chi connectivity index (χ3v) is 5.50. The molecular formula is C26H22N4O3. The second-order valence-corrected chi connectivity index (χ2v) is 7.78. The fraction of sp³-hybridized carbons (Fsp3) is 0.154. The van der Waals surface area contributed by atoms with E-state index in [9.17, 15) is 4.79 Å². The molecule has 1 amide bonds. The molecule has 7 nitrogen and oxygen atoms in total. The van der Waals surface area contributed by atoms with E-state index in [0.29, 0.717) is 35.5 Å². The molecule has 0 radical (unpaired) electrons. The maximum absolute atomic E-state index is 13.0. The van der Waals surface area contributed by atoms with Gasteiger partial charge in [0.15, 0.2) is 5.58 Å². The Morgan fingerprint density at radius 1 is 1.03 bits per heavy atom. The smallest absolute Gasteiger partial charge is 0.289 e. The van der Waals surface area contributed by atoms with Gasteiger partial charge in [0.05, 0.1) is 18.2 Å². The average Bonchev–Trinajstić information content (AvgIpc) is 3.23. The predicted octanol–water partition coefficient (Wildman–Crippen LogP) is 4.61. The summed E-state index contributed by atoms with van der Waals surface area (Å²) in [5, 5.41) is 3.67. The first-order chi connectivity index (χ1) is 16.1. The van der Waals surface area contributed by atoms with Crippen molar-refractivity contribution in [2.24, 2.45) is 0 Å². The molecule has 0 fully saturated rings. The van der Waals surface area contributed by atoms with E-state index in [-0.39, 0.29) is 11.7 Å². The van der Waals surface area contributed by atoms with Crippen LogP contribution in [0, 0.1) is 6.92 Å². The molecule has 0 aliphatic rings. The lowest BCUT2D eigenvalue weighted by atomic mass is 10.1. The normalized spacial score (nSPS) is 11.1. The molecule has 3 aromatic heterocycles. The van der Waals surface area contributed by atoms with E-state index in [4.69, 9.17) is 9.15 Å². The number of hydrogen-bond acceptors (Lipinski definition) is 6. The molecule has 0 bridgehead atoms. The number of amides is 1. The number of carbonyl (C=O) groups excluding carboxylic acids is 1. The molecule has 5 aromatic rings. The summed E-state index contributed by atoms with van der Waals surface area (Å²) in [6.45, 7) is 2.31. The molecule has 3 heterocycles. The van der Waals surface area contributed by atoms with Gasteiger partial charge in [0.1, 0.15) is 11.3 Å². The van der Waals surface area contributed by atoms with Gasteiger partial charge in [-0.15, -0.1) is 0 Å². The SMILES string of the molecule is COc1cc(CNC(=O)c2nc(Cc3ccccc3)c3oc4ncccc4c3n2)ccc1C. The predicted molar refractivity (Wildman–Crippen MR) is 125 cm³/mol. The van der Waals surface area contributed by atoms with Crippen LogP contribution in [0.1, 0.15) is 33.0 Å². The second-order valence-electron chi connectivity index (χ2n) is 7.78. The first-order valence-electron chi connectivity index (χ1n) is 10.6. The quantitative estimate of drug-likeness (QED) is 0.416. The second kappa shape index (κ2) is 8.70. The zero-order valence-corrected chi connectivity index (χ0v) is 18.3. The van der Waals surface area contributed by atoms with Crippen molar-refractivity contribution in [3.63, 3.8) is 0 Å². The maximum Gasteiger partial charge on any atom is 0.289 e. The standard InChI is InChI=1S/C26H22N4O3/c1-16-10-11-18(14-21(16)32-2)15-28-25(31)24-29-20(13-17-7-4-3-5-8-17)23-22(30-24)19-9-6-12-27-26(19)33-23/h3-12,14H,13,15H2,1-2H3,(H,28,31). The van der Waals surface area contributed by atoms with Crippen LogP contribution in [0.15, 0.2) is 71.3 Å². The van der Waals surface area contributed by atoms with E-state index < -0.39 is 0 Å². The number of nitrogens with one attached hydrogen (secondary N) is 1. The van der Waals surface area contributed by atoms with Crippen LogP contribution in [0.4, 0.5) is 0 Å². The Morgan fingerprint density at radius 2 is 1.88 bits per heavy atom. The zero-order chi connectivity index (χ0) is 22.8. The number of aryl methyl sites for hydroxylation is 1. The van der Waals surface area contributed by atoms with Crippen molar-refractivity contribution in [1.82, 2.24) is 20.3 Å². The number of benzene rings is 2. The Hall–Kier alpha value is -4.26. The molecule has 33 heavy (non-hydrogen) atoms. The van der Waals surface area contributed by atoms with Gasteiger partial charge >= 0.3 is 0 Å². The molecule has 7 heteroatoms. The van der Waals surface area contributed by atoms with Gasteiger partial charge in [0, 0.05) is 19.2 Å². The average molecular weight is 438 g/mol. The molecule has 0 aliphatic carbocycles. The molecule has 0 unspecified atom stereocenters. The van der Waals surface area contributed by atoms with Gasteiger partial charge in [-0.05, 0) is 41.8 Å². The summed E-state index contributed by atoms with van der Waals surface area (Å²) in [4.78, 5) is 26.5. The minimum absolute atomic E-state index is 0.0964. The Morgan fingerprint density at radius 3 is 2.70 bits per heavy atom. The number of hydrogen-bond donors (Lipinski definition) is 1. The summed E-state index contributed by atoms with van der Waals surface area (Å²) in [5.41, 5.74) is 5.27. The van der Waals surface area contributed by atoms with E-state index in [1.807, 2.05) is 67.6 Å². The number of carbonyl (C=O) groups is 1. The van der Waals surface area contributed by atoms with Crippen molar-refractivity contribution in [2.45, 2.75) is 19.9 Å². The maximum atomic E-state index is 13.0. The Labute approximate surface area is 190 Å². The van der Waals surface area contributed by atoms with Gasteiger partial charge in [-0.1, -0.05) is 42.5 Å². The fourth-order valence-electron chi connectivity index (χ4n) is 3.78. The molecule has 1 N–H and O–H groups in total. The monoisotopic (exact) mass is 438 g/mol. The van der Waals surface area contributed by atoms with Gasteiger partial charge in [-0.3, -0.25) is 4.79 Å². The highest BCUT2D eigenvalue weighted by atomic mass is 16.5. The van der Waals surface area contributed by atoms with Crippen molar-refractivity contribution in [3.05, 3.63) is 95.1 Å². The van der Waals surface area contributed by atoms with E-state index in [2.05, 4.69) is 20.3 Å². The lowest BCUT2D eigenvalue weighted by Gasteiger charge is -2.09. The van der Waals surface area contributed by atoms with Gasteiger partial charge in [0.25, 0.3) is 5.91 Å². The summed E-state index contributed by atoms with van der Waals surface area (Å²) in [6, 6.07) is 19.5. The molecule has 0 saturated heterocycles. The molecular weight excluding hydrogens is 416 g/mol. The summed E-state index contributed by atoms with van der Waals surface area (Å²) >= 11 is 0. The lowest BCUT2D eigenvalue weighted by Crippen LogP contribution is -2.25. The van der Waals surface area contributed by atoms with Crippen molar-refractivity contribution in [3.8, 4) is 5.75 Å². The van der Waals surface area contributed by atoms with Crippen LogP contribution in [0.3, 0.4) is 0 Å². The van der Waals surface area contributed by atoms with E-state index in [1.54, 1.807) is 13.3 Å². The van der Waals surface area contributed by atoms with Crippen molar-refractivity contribution < 1.29 is 13.9 Å². The number of aromatic nitrogens is 3. The molecule has 0 spiro atoms. The Kier molecular flexibility index (Phi) is 5.44. The number of pyridine rings is 1. The van der Waals surface area contributed by atoms with Crippen LogP contribution in [0.25, 0.3) is 22.2 Å². The third-order valence-electron chi connectivity index (χ3n) is 5.50. The van der Waals surface area contributed by atoms with Gasteiger partial charge < -0.3 is 14.5 Å². The summed E-state index contributed by atoms with van der Waals surface area (Å²) in [7, 11) is 1.63. The minimum Gasteiger partial charge on any atom is -0.496 e. The highest BCUT2D eigenvalue weighted by Crippen LogP contribution is 2.28. The van der Waals surface area contributed by atoms with Gasteiger partial charge in [-0.25, -0.2) is 15.0 Å². The molecule has 0 saturated carbocycles. The van der Waals surface area contributed by atoms with E-state index >= 15 is 0 Å². The van der Waals surface area contributed by atoms with Crippen molar-refractivity contribution in [2.75, 3.05) is 7.11 Å². The largest absolute Gasteiger partial charge is 0.496 e. The van der Waals surface area contributed by atoms with Crippen LogP contribution in [-0.2, 0) is 13.0 Å². The lowest BCUT2D eigenvalue weighted by molar-refractivity contribution is 0.0940. The number of fused-ring (bicyclic) bond motifs is 3. The first-order valence-corrected chi connectivity index (χ1v) is 10.6. The van der Waals surface area contributed by atoms with Gasteiger partial charge in [0.2, 0.25) is 11.5 Å². The molecule has 5 rings (SSSR count). The Balaban J connectivity index is 1.50. The highest BCUT2D eigenvalue weighted by molar-refractivity contribution is 6.03. The van der Waals surface area contributed by atoms with Crippen LogP contribution in [0.5, 0.6) is 5.75 Å². The summed E-state index contributed by atoms with van der Waals surface area (Å²) < 4.78 is 11.4. The number of ether oxygens (including phenoxy) is 1. The fourth-order valence-corrected chi connectivity index (χ4v) is 3.78. The molecule has 0 atom stereocenters. The van der Waals surface area contributed by atoms with Crippen LogP contribution < -0.4 is 10.1 Å². The van der Waals surface area contributed by atoms with E-state index in [0.717, 1.165) is 27.8 Å².